The fourth-order valence-corrected chi connectivity index (χ4v) is 7.29. The quantitative estimate of drug-likeness (QED) is 0.591. The van der Waals surface area contributed by atoms with Gasteiger partial charge >= 0.3 is 0 Å². The molecule has 174 valence electrons. The number of amides is 2. The molecule has 1 heterocycles. The van der Waals surface area contributed by atoms with Crippen molar-refractivity contribution in [1.29, 1.82) is 0 Å². The molecule has 0 aliphatic heterocycles. The number of nitrogens with one attached hydrogen (secondary N) is 2. The number of carbonyl (C=O) groups excluding carboxylic acids is 2. The van der Waals surface area contributed by atoms with E-state index in [1.54, 1.807) is 12.4 Å². The van der Waals surface area contributed by atoms with E-state index in [4.69, 9.17) is 0 Å². The van der Waals surface area contributed by atoms with Crippen LogP contribution in [0.3, 0.4) is 0 Å². The monoisotopic (exact) mass is 437 g/mol. The standard InChI is InChI=1S/C27H39N3O2/c31-26(22-11-9-18-5-1-3-7-20(18)13-22)29-24-15-25(17-28-16-24)30-27(32)23-12-10-19-6-2-4-8-21(19)14-23/h15-23H,1-14H2,(H,29,31)(H,30,32). The first-order valence-corrected chi connectivity index (χ1v) is 13.2. The Morgan fingerprint density at radius 3 is 1.53 bits per heavy atom. The van der Waals surface area contributed by atoms with Crippen LogP contribution in [0.1, 0.15) is 89.9 Å². The number of anilines is 2. The maximum Gasteiger partial charge on any atom is 0.227 e. The highest BCUT2D eigenvalue weighted by atomic mass is 16.2. The van der Waals surface area contributed by atoms with E-state index < -0.39 is 0 Å². The van der Waals surface area contributed by atoms with Gasteiger partial charge in [-0.15, -0.1) is 0 Å². The van der Waals surface area contributed by atoms with Crippen molar-refractivity contribution >= 4 is 23.2 Å². The molecule has 4 saturated carbocycles. The van der Waals surface area contributed by atoms with Crippen molar-refractivity contribution in [2.45, 2.75) is 89.9 Å². The molecule has 0 saturated heterocycles. The molecule has 6 unspecified atom stereocenters. The summed E-state index contributed by atoms with van der Waals surface area (Å²) in [4.78, 5) is 30.1. The van der Waals surface area contributed by atoms with E-state index in [2.05, 4.69) is 15.6 Å². The van der Waals surface area contributed by atoms with Gasteiger partial charge in [-0.2, -0.15) is 0 Å². The Labute approximate surface area is 192 Å². The summed E-state index contributed by atoms with van der Waals surface area (Å²) in [5, 5.41) is 6.17. The molecule has 0 radical (unpaired) electrons. The number of aromatic nitrogens is 1. The predicted octanol–water partition coefficient (Wildman–Crippen LogP) is 6.17. The summed E-state index contributed by atoms with van der Waals surface area (Å²) in [6.07, 6.45) is 20.5. The highest BCUT2D eigenvalue weighted by Crippen LogP contribution is 2.44. The van der Waals surface area contributed by atoms with Gasteiger partial charge in [-0.25, -0.2) is 0 Å². The third-order valence-electron chi connectivity index (χ3n) is 9.09. The van der Waals surface area contributed by atoms with E-state index in [1.807, 2.05) is 6.07 Å². The summed E-state index contributed by atoms with van der Waals surface area (Å²) in [5.74, 6) is 3.61. The van der Waals surface area contributed by atoms with Crippen molar-refractivity contribution in [2.75, 3.05) is 10.6 Å². The SMILES string of the molecule is O=C(Nc1cncc(NC(=O)C2CCC3CCCCC3C2)c1)C1CCC2CCCCC2C1. The van der Waals surface area contributed by atoms with Crippen LogP contribution >= 0.6 is 0 Å². The molecule has 0 aromatic carbocycles. The topological polar surface area (TPSA) is 71.1 Å². The van der Waals surface area contributed by atoms with Crippen molar-refractivity contribution in [2.24, 2.45) is 35.5 Å². The second-order valence-electron chi connectivity index (χ2n) is 11.1. The maximum absolute atomic E-state index is 12.9. The molecule has 4 aliphatic rings. The Morgan fingerprint density at radius 1 is 0.625 bits per heavy atom. The minimum absolute atomic E-state index is 0.110. The summed E-state index contributed by atoms with van der Waals surface area (Å²) in [5.41, 5.74) is 1.38. The molecule has 32 heavy (non-hydrogen) atoms. The minimum atomic E-state index is 0.110. The van der Waals surface area contributed by atoms with E-state index in [-0.39, 0.29) is 23.7 Å². The van der Waals surface area contributed by atoms with E-state index in [9.17, 15) is 9.59 Å². The van der Waals surface area contributed by atoms with Gasteiger partial charge in [0.2, 0.25) is 11.8 Å². The molecule has 2 amide bonds. The number of rotatable bonds is 4. The average molecular weight is 438 g/mol. The molecular formula is C27H39N3O2. The van der Waals surface area contributed by atoms with Gasteiger partial charge in [0, 0.05) is 11.8 Å². The number of carbonyl (C=O) groups is 2. The van der Waals surface area contributed by atoms with Crippen LogP contribution in [-0.2, 0) is 9.59 Å². The summed E-state index contributed by atoms with van der Waals surface area (Å²) >= 11 is 0. The molecule has 6 atom stereocenters. The van der Waals surface area contributed by atoms with Crippen molar-refractivity contribution in [3.05, 3.63) is 18.5 Å². The van der Waals surface area contributed by atoms with Gasteiger partial charge in [-0.05, 0) is 68.3 Å². The molecule has 4 aliphatic carbocycles. The van der Waals surface area contributed by atoms with Crippen LogP contribution in [0.5, 0.6) is 0 Å². The first-order chi connectivity index (χ1) is 15.7. The highest BCUT2D eigenvalue weighted by Gasteiger charge is 2.36. The number of pyridine rings is 1. The first-order valence-electron chi connectivity index (χ1n) is 13.2. The molecular weight excluding hydrogens is 398 g/mol. The van der Waals surface area contributed by atoms with Gasteiger partial charge in [0.1, 0.15) is 0 Å². The third kappa shape index (κ3) is 5.02. The van der Waals surface area contributed by atoms with Crippen LogP contribution in [-0.4, -0.2) is 16.8 Å². The fourth-order valence-electron chi connectivity index (χ4n) is 7.29. The highest BCUT2D eigenvalue weighted by molar-refractivity contribution is 5.95. The zero-order chi connectivity index (χ0) is 21.9. The summed E-state index contributed by atoms with van der Waals surface area (Å²) in [6.45, 7) is 0. The van der Waals surface area contributed by atoms with Gasteiger partial charge in [0.05, 0.1) is 23.8 Å². The predicted molar refractivity (Wildman–Crippen MR) is 127 cm³/mol. The van der Waals surface area contributed by atoms with E-state index in [0.717, 1.165) is 49.4 Å². The number of nitrogens with zero attached hydrogens (tertiary/aromatic N) is 1. The minimum Gasteiger partial charge on any atom is -0.324 e. The van der Waals surface area contributed by atoms with Crippen LogP contribution in [0.2, 0.25) is 0 Å². The second kappa shape index (κ2) is 9.93. The Bertz CT molecular complexity index is 762. The summed E-state index contributed by atoms with van der Waals surface area (Å²) in [6, 6.07) is 1.86. The van der Waals surface area contributed by atoms with Crippen LogP contribution in [0.25, 0.3) is 0 Å². The van der Waals surface area contributed by atoms with Crippen molar-refractivity contribution in [1.82, 2.24) is 4.98 Å². The van der Waals surface area contributed by atoms with E-state index >= 15 is 0 Å². The number of hydrogen-bond donors (Lipinski definition) is 2. The lowest BCUT2D eigenvalue weighted by molar-refractivity contribution is -0.122. The second-order valence-corrected chi connectivity index (χ2v) is 11.1. The molecule has 5 nitrogen and oxygen atoms in total. The van der Waals surface area contributed by atoms with Gasteiger partial charge in [0.25, 0.3) is 0 Å². The maximum atomic E-state index is 12.9. The molecule has 0 bridgehead atoms. The first kappa shape index (κ1) is 21.9. The Balaban J connectivity index is 1.15. The van der Waals surface area contributed by atoms with Gasteiger partial charge in [0.15, 0.2) is 0 Å². The van der Waals surface area contributed by atoms with E-state index in [0.29, 0.717) is 11.4 Å². The van der Waals surface area contributed by atoms with Gasteiger partial charge in [-0.3, -0.25) is 14.6 Å². The van der Waals surface area contributed by atoms with Crippen molar-refractivity contribution in [3.8, 4) is 0 Å². The molecule has 5 heteroatoms. The van der Waals surface area contributed by atoms with Gasteiger partial charge in [-0.1, -0.05) is 51.4 Å². The van der Waals surface area contributed by atoms with Gasteiger partial charge < -0.3 is 10.6 Å². The number of hydrogen-bond acceptors (Lipinski definition) is 3. The Morgan fingerprint density at radius 2 is 1.06 bits per heavy atom. The largest absolute Gasteiger partial charge is 0.324 e. The zero-order valence-electron chi connectivity index (χ0n) is 19.4. The average Bonchev–Trinajstić information content (AvgIpc) is 2.83. The molecule has 0 spiro atoms. The lowest BCUT2D eigenvalue weighted by Gasteiger charge is -2.38. The summed E-state index contributed by atoms with van der Waals surface area (Å²) < 4.78 is 0. The number of fused-ring (bicyclic) bond motifs is 2. The Hall–Kier alpha value is -1.91. The zero-order valence-corrected chi connectivity index (χ0v) is 19.4. The van der Waals surface area contributed by atoms with Crippen LogP contribution in [0.15, 0.2) is 18.5 Å². The van der Waals surface area contributed by atoms with Crippen LogP contribution in [0.4, 0.5) is 11.4 Å². The molecule has 2 N–H and O–H groups in total. The smallest absolute Gasteiger partial charge is 0.227 e. The molecule has 1 aromatic heterocycles. The van der Waals surface area contributed by atoms with Crippen LogP contribution < -0.4 is 10.6 Å². The lowest BCUT2D eigenvalue weighted by Crippen LogP contribution is -2.34. The molecule has 5 rings (SSSR count). The van der Waals surface area contributed by atoms with E-state index in [1.165, 1.54) is 64.2 Å². The molecule has 1 aromatic rings. The lowest BCUT2D eigenvalue weighted by atomic mass is 9.67. The normalized spacial score (nSPS) is 34.6. The van der Waals surface area contributed by atoms with Crippen molar-refractivity contribution in [3.63, 3.8) is 0 Å². The summed E-state index contributed by atoms with van der Waals surface area (Å²) in [7, 11) is 0. The third-order valence-corrected chi connectivity index (χ3v) is 9.09. The fraction of sp³-hybridized carbons (Fsp3) is 0.741. The van der Waals surface area contributed by atoms with Crippen LogP contribution in [0, 0.1) is 35.5 Å². The van der Waals surface area contributed by atoms with Crippen molar-refractivity contribution < 1.29 is 9.59 Å². The molecule has 4 fully saturated rings. The Kier molecular flexibility index (Phi) is 6.80.